The van der Waals surface area contributed by atoms with Gasteiger partial charge in [0.1, 0.15) is 11.6 Å². The number of carbonyl (C=O) groups is 2. The molecule has 3 aromatic rings. The summed E-state index contributed by atoms with van der Waals surface area (Å²) in [6, 6.07) is 10.5. The predicted octanol–water partition coefficient (Wildman–Crippen LogP) is 4.69. The van der Waals surface area contributed by atoms with Crippen LogP contribution in [-0.2, 0) is 4.79 Å². The third-order valence-electron chi connectivity index (χ3n) is 5.45. The average molecular weight is 586 g/mol. The number of carbonyl (C=O) groups excluding carboxylic acids is 2. The van der Waals surface area contributed by atoms with Crippen molar-refractivity contribution in [2.75, 3.05) is 18.4 Å². The van der Waals surface area contributed by atoms with Crippen molar-refractivity contribution in [2.45, 2.75) is 11.8 Å². The Balaban J connectivity index is 1.49. The summed E-state index contributed by atoms with van der Waals surface area (Å²) >= 11 is 1.87. The molecule has 1 aliphatic rings. The summed E-state index contributed by atoms with van der Waals surface area (Å²) in [6.45, 7) is 0.471. The summed E-state index contributed by atoms with van der Waals surface area (Å²) < 4.78 is 0. The van der Waals surface area contributed by atoms with E-state index < -0.39 is 32.1 Å². The lowest BCUT2D eigenvalue weighted by atomic mass is 10.1. The number of imide groups is 1. The summed E-state index contributed by atoms with van der Waals surface area (Å²) in [5.41, 5.74) is 0.335. The van der Waals surface area contributed by atoms with Crippen molar-refractivity contribution < 1.29 is 24.4 Å². The van der Waals surface area contributed by atoms with Crippen LogP contribution in [0.4, 0.5) is 26.3 Å². The van der Waals surface area contributed by atoms with E-state index in [1.165, 1.54) is 42.5 Å². The van der Waals surface area contributed by atoms with Gasteiger partial charge in [-0.1, -0.05) is 36.0 Å². The maximum absolute atomic E-state index is 13.3. The maximum Gasteiger partial charge on any atom is 0.345 e. The molecule has 1 fully saturated rings. The second-order valence-corrected chi connectivity index (χ2v) is 10.3. The highest BCUT2D eigenvalue weighted by Crippen LogP contribution is 2.46. The number of benzene rings is 2. The average Bonchev–Trinajstić information content (AvgIpc) is 3.53. The van der Waals surface area contributed by atoms with Gasteiger partial charge in [0.2, 0.25) is 0 Å². The van der Waals surface area contributed by atoms with Crippen LogP contribution in [0.2, 0.25) is 0 Å². The molecular weight excluding hydrogens is 566 g/mol. The zero-order chi connectivity index (χ0) is 28.8. The topological polar surface area (TPSA) is 204 Å². The number of nitrogens with zero attached hydrogens (tertiary/aromatic N) is 5. The number of amides is 3. The quantitative estimate of drug-likeness (QED) is 0.144. The van der Waals surface area contributed by atoms with Gasteiger partial charge in [0.05, 0.1) is 19.7 Å². The Morgan fingerprint density at radius 2 is 1.70 bits per heavy atom. The Bertz CT molecular complexity index is 1530. The van der Waals surface area contributed by atoms with Gasteiger partial charge < -0.3 is 10.6 Å². The number of rotatable bonds is 10. The van der Waals surface area contributed by atoms with Crippen LogP contribution in [0, 0.1) is 30.3 Å². The van der Waals surface area contributed by atoms with Gasteiger partial charge in [-0.2, -0.15) is 0 Å². The Morgan fingerprint density at radius 1 is 1.00 bits per heavy atom. The Labute approximate surface area is 233 Å². The van der Waals surface area contributed by atoms with Crippen molar-refractivity contribution in [3.63, 3.8) is 0 Å². The summed E-state index contributed by atoms with van der Waals surface area (Å²) in [7, 11) is 0. The highest BCUT2D eigenvalue weighted by Gasteiger charge is 2.41. The zero-order valence-corrected chi connectivity index (χ0v) is 21.9. The zero-order valence-electron chi connectivity index (χ0n) is 20.3. The minimum absolute atomic E-state index is 0.109. The normalized spacial score (nSPS) is 15.7. The molecule has 40 heavy (non-hydrogen) atoms. The number of nitro groups is 3. The first kappa shape index (κ1) is 28.1. The van der Waals surface area contributed by atoms with Crippen LogP contribution in [0.5, 0.6) is 0 Å². The second kappa shape index (κ2) is 12.3. The van der Waals surface area contributed by atoms with Crippen molar-refractivity contribution >= 4 is 62.6 Å². The molecule has 2 aromatic carbocycles. The van der Waals surface area contributed by atoms with Gasteiger partial charge in [-0.05, 0) is 35.0 Å². The van der Waals surface area contributed by atoms with E-state index in [-0.39, 0.29) is 27.8 Å². The Hall–Kier alpha value is -4.90. The van der Waals surface area contributed by atoms with Crippen molar-refractivity contribution in [1.29, 1.82) is 0 Å². The molecule has 206 valence electrons. The molecule has 1 saturated heterocycles. The minimum Gasteiger partial charge on any atom is -0.361 e. The van der Waals surface area contributed by atoms with Gasteiger partial charge in [-0.3, -0.25) is 35.1 Å². The summed E-state index contributed by atoms with van der Waals surface area (Å²) in [5.74, 6) is -0.668. The molecule has 0 aliphatic carbocycles. The number of anilines is 1. The number of non-ortho nitro benzene ring substituents is 2. The minimum atomic E-state index is -0.925. The molecule has 15 nitrogen and oxygen atoms in total. The van der Waals surface area contributed by atoms with Gasteiger partial charge in [0, 0.05) is 37.4 Å². The van der Waals surface area contributed by atoms with Gasteiger partial charge in [-0.25, -0.2) is 14.7 Å². The summed E-state index contributed by atoms with van der Waals surface area (Å²) in [6.07, 6.45) is 2.96. The SMILES string of the molecule is O=C(NCCCNc1ncc([N+](=O)[O-])s1)N1C(=O)/C(=C/c2cccc([N+](=O)[O-])c2)SC1c1cccc([N+](=O)[O-])c1. The molecule has 3 amide bonds. The fourth-order valence-electron chi connectivity index (χ4n) is 3.63. The van der Waals surface area contributed by atoms with Gasteiger partial charge >= 0.3 is 11.0 Å². The van der Waals surface area contributed by atoms with Crippen LogP contribution in [0.3, 0.4) is 0 Å². The second-order valence-electron chi connectivity index (χ2n) is 8.13. The number of urea groups is 1. The van der Waals surface area contributed by atoms with Crippen LogP contribution in [0.15, 0.2) is 59.6 Å². The number of nitro benzene ring substituents is 2. The lowest BCUT2D eigenvalue weighted by molar-refractivity contribution is -0.385. The van der Waals surface area contributed by atoms with Crippen LogP contribution >= 0.6 is 23.1 Å². The molecule has 2 heterocycles. The van der Waals surface area contributed by atoms with Gasteiger partial charge in [0.15, 0.2) is 5.13 Å². The number of nitrogens with one attached hydrogen (secondary N) is 2. The monoisotopic (exact) mass is 585 g/mol. The molecule has 1 unspecified atom stereocenters. The smallest absolute Gasteiger partial charge is 0.345 e. The molecule has 1 aliphatic heterocycles. The van der Waals surface area contributed by atoms with Crippen LogP contribution in [0.1, 0.15) is 22.9 Å². The molecule has 0 radical (unpaired) electrons. The van der Waals surface area contributed by atoms with Crippen LogP contribution in [-0.4, -0.2) is 49.7 Å². The Kier molecular flexibility index (Phi) is 8.65. The van der Waals surface area contributed by atoms with E-state index in [1.807, 2.05) is 0 Å². The first-order chi connectivity index (χ1) is 19.1. The van der Waals surface area contributed by atoms with Crippen molar-refractivity contribution in [3.8, 4) is 0 Å². The highest BCUT2D eigenvalue weighted by atomic mass is 32.2. The number of thiazole rings is 1. The fourth-order valence-corrected chi connectivity index (χ4v) is 5.51. The molecule has 0 bridgehead atoms. The highest BCUT2D eigenvalue weighted by molar-refractivity contribution is 8.04. The number of thioether (sulfide) groups is 1. The number of aromatic nitrogens is 1. The molecular formula is C23H19N7O8S2. The lowest BCUT2D eigenvalue weighted by Crippen LogP contribution is -2.42. The fraction of sp³-hybridized carbons (Fsp3) is 0.174. The number of hydrogen-bond donors (Lipinski definition) is 2. The van der Waals surface area contributed by atoms with E-state index in [0.717, 1.165) is 34.2 Å². The number of hydrogen-bond acceptors (Lipinski definition) is 12. The molecule has 17 heteroatoms. The molecule has 4 rings (SSSR count). The van der Waals surface area contributed by atoms with E-state index in [4.69, 9.17) is 0 Å². The first-order valence-electron chi connectivity index (χ1n) is 11.5. The summed E-state index contributed by atoms with van der Waals surface area (Å²) in [5, 5.41) is 38.1. The van der Waals surface area contributed by atoms with Crippen LogP contribution in [0.25, 0.3) is 6.08 Å². The standard InChI is InChI=1S/C23H19N7O8S2/c31-20-18(11-14-4-1-6-16(10-14)28(33)34)39-21(15-5-2-7-17(12-15)29(35)36)27(20)23(32)25-9-3-8-24-22-26-13-19(40-22)30(37)38/h1-2,4-7,10-13,21H,3,8-9H2,(H,24,26)(H,25,32)/b18-11-. The van der Waals surface area contributed by atoms with E-state index >= 15 is 0 Å². The third-order valence-corrected chi connectivity index (χ3v) is 7.61. The van der Waals surface area contributed by atoms with Gasteiger partial charge in [-0.15, -0.1) is 0 Å². The molecule has 2 N–H and O–H groups in total. The summed E-state index contributed by atoms with van der Waals surface area (Å²) in [4.78, 5) is 63.0. The molecule has 1 aromatic heterocycles. The first-order valence-corrected chi connectivity index (χ1v) is 13.2. The van der Waals surface area contributed by atoms with E-state index in [1.54, 1.807) is 12.1 Å². The van der Waals surface area contributed by atoms with Crippen molar-refractivity contribution in [1.82, 2.24) is 15.2 Å². The largest absolute Gasteiger partial charge is 0.361 e. The van der Waals surface area contributed by atoms with Crippen LogP contribution < -0.4 is 10.6 Å². The van der Waals surface area contributed by atoms with E-state index in [9.17, 15) is 39.9 Å². The van der Waals surface area contributed by atoms with Gasteiger partial charge in [0.25, 0.3) is 17.3 Å². The predicted molar refractivity (Wildman–Crippen MR) is 147 cm³/mol. The van der Waals surface area contributed by atoms with E-state index in [2.05, 4.69) is 15.6 Å². The lowest BCUT2D eigenvalue weighted by Gasteiger charge is -2.22. The third kappa shape index (κ3) is 6.56. The molecule has 0 spiro atoms. The Morgan fingerprint density at radius 3 is 2.38 bits per heavy atom. The molecule has 1 atom stereocenters. The van der Waals surface area contributed by atoms with Crippen molar-refractivity contribution in [3.05, 3.63) is 101 Å². The van der Waals surface area contributed by atoms with E-state index in [0.29, 0.717) is 29.2 Å². The van der Waals surface area contributed by atoms with Crippen molar-refractivity contribution in [2.24, 2.45) is 0 Å². The molecule has 0 saturated carbocycles. The maximum atomic E-state index is 13.3.